The van der Waals surface area contributed by atoms with Crippen molar-refractivity contribution < 1.29 is 8.83 Å². The highest BCUT2D eigenvalue weighted by Crippen LogP contribution is 2.63. The van der Waals surface area contributed by atoms with E-state index in [1.807, 2.05) is 17.8 Å². The summed E-state index contributed by atoms with van der Waals surface area (Å²) in [6.07, 6.45) is 0. The topological polar surface area (TPSA) is 32.8 Å². The van der Waals surface area contributed by atoms with E-state index in [0.29, 0.717) is 0 Å². The Hall–Kier alpha value is -8.77. The first-order valence-corrected chi connectivity index (χ1v) is 24.6. The zero-order chi connectivity index (χ0) is 45.9. The summed E-state index contributed by atoms with van der Waals surface area (Å²) in [5.41, 5.74) is 16.6. The van der Waals surface area contributed by atoms with Gasteiger partial charge in [-0.3, -0.25) is 0 Å². The van der Waals surface area contributed by atoms with Gasteiger partial charge in [0, 0.05) is 54.8 Å². The maximum atomic E-state index is 6.98. The van der Waals surface area contributed by atoms with Gasteiger partial charge in [-0.2, -0.15) is 0 Å². The SMILES string of the molecule is c1ccc(N(c2ccc3ccccc3c2)c2cc(N(c3ccc4c(c3)C3(c5ccccc5S4)c4ccccc4-c4ccccc43)c3ccc4oc5ccccc5c4c3)cc3oc4ccccc4c23)cc1. The average molecular weight is 913 g/mol. The molecule has 2 aromatic heterocycles. The van der Waals surface area contributed by atoms with Gasteiger partial charge in [-0.05, 0) is 129 Å². The third-order valence-electron chi connectivity index (χ3n) is 14.7. The van der Waals surface area contributed by atoms with Crippen LogP contribution < -0.4 is 9.80 Å². The number of para-hydroxylation sites is 3. The van der Waals surface area contributed by atoms with Crippen LogP contribution in [0.5, 0.6) is 0 Å². The van der Waals surface area contributed by atoms with Gasteiger partial charge < -0.3 is 18.6 Å². The summed E-state index contributed by atoms with van der Waals surface area (Å²) in [5.74, 6) is 0. The maximum Gasteiger partial charge on any atom is 0.139 e. The molecule has 15 rings (SSSR count). The predicted molar refractivity (Wildman–Crippen MR) is 289 cm³/mol. The minimum absolute atomic E-state index is 0.551. The van der Waals surface area contributed by atoms with Gasteiger partial charge in [0.1, 0.15) is 22.3 Å². The Morgan fingerprint density at radius 1 is 0.314 bits per heavy atom. The van der Waals surface area contributed by atoms with E-state index in [-0.39, 0.29) is 0 Å². The molecular formula is C65H40N2O2S. The van der Waals surface area contributed by atoms with Crippen LogP contribution >= 0.6 is 11.8 Å². The first-order valence-electron chi connectivity index (χ1n) is 23.8. The van der Waals surface area contributed by atoms with Crippen LogP contribution in [0.3, 0.4) is 0 Å². The maximum absolute atomic E-state index is 6.98. The van der Waals surface area contributed by atoms with Crippen molar-refractivity contribution in [2.45, 2.75) is 15.2 Å². The monoisotopic (exact) mass is 912 g/mol. The smallest absolute Gasteiger partial charge is 0.139 e. The normalized spacial score (nSPS) is 13.2. The second kappa shape index (κ2) is 15.1. The Morgan fingerprint density at radius 2 is 0.886 bits per heavy atom. The van der Waals surface area contributed by atoms with E-state index < -0.39 is 5.41 Å². The zero-order valence-corrected chi connectivity index (χ0v) is 38.5. The lowest BCUT2D eigenvalue weighted by atomic mass is 9.67. The van der Waals surface area contributed by atoms with Crippen molar-refractivity contribution in [1.29, 1.82) is 0 Å². The summed E-state index contributed by atoms with van der Waals surface area (Å²) in [5, 5.41) is 6.61. The number of fused-ring (bicyclic) bond motifs is 16. The fourth-order valence-corrected chi connectivity index (χ4v) is 12.9. The third-order valence-corrected chi connectivity index (χ3v) is 15.8. The van der Waals surface area contributed by atoms with Gasteiger partial charge in [-0.15, -0.1) is 0 Å². The summed E-state index contributed by atoms with van der Waals surface area (Å²) < 4.78 is 13.4. The van der Waals surface area contributed by atoms with Gasteiger partial charge in [0.25, 0.3) is 0 Å². The van der Waals surface area contributed by atoms with Crippen molar-refractivity contribution in [1.82, 2.24) is 0 Å². The number of rotatable bonds is 6. The van der Waals surface area contributed by atoms with Crippen LogP contribution in [0.1, 0.15) is 22.3 Å². The number of benzene rings is 11. The Bertz CT molecular complexity index is 4220. The Balaban J connectivity index is 1.04. The third kappa shape index (κ3) is 5.67. The molecule has 0 atom stereocenters. The molecule has 0 unspecified atom stereocenters. The van der Waals surface area contributed by atoms with E-state index in [0.717, 1.165) is 78.0 Å². The van der Waals surface area contributed by atoms with Gasteiger partial charge in [0.05, 0.1) is 22.2 Å². The highest BCUT2D eigenvalue weighted by atomic mass is 32.2. The van der Waals surface area contributed by atoms with Crippen LogP contribution in [-0.4, -0.2) is 0 Å². The number of anilines is 6. The molecule has 0 N–H and O–H groups in total. The predicted octanol–water partition coefficient (Wildman–Crippen LogP) is 18.4. The summed E-state index contributed by atoms with van der Waals surface area (Å²) in [7, 11) is 0. The van der Waals surface area contributed by atoms with E-state index >= 15 is 0 Å². The van der Waals surface area contributed by atoms with Gasteiger partial charge in [-0.1, -0.05) is 163 Å². The van der Waals surface area contributed by atoms with Gasteiger partial charge in [-0.25, -0.2) is 0 Å². The number of hydrogen-bond donors (Lipinski definition) is 0. The van der Waals surface area contributed by atoms with Crippen LogP contribution in [-0.2, 0) is 5.41 Å². The van der Waals surface area contributed by atoms with Crippen LogP contribution in [0.2, 0.25) is 0 Å². The largest absolute Gasteiger partial charge is 0.456 e. The van der Waals surface area contributed by atoms with Gasteiger partial charge in [0.2, 0.25) is 0 Å². The molecule has 13 aromatic rings. The van der Waals surface area contributed by atoms with E-state index in [2.05, 4.69) is 246 Å². The zero-order valence-electron chi connectivity index (χ0n) is 37.7. The number of nitrogens with zero attached hydrogens (tertiary/aromatic N) is 2. The molecule has 5 heteroatoms. The minimum Gasteiger partial charge on any atom is -0.456 e. The molecular weight excluding hydrogens is 873 g/mol. The molecule has 0 saturated carbocycles. The van der Waals surface area contributed by atoms with Crippen LogP contribution in [0, 0.1) is 0 Å². The van der Waals surface area contributed by atoms with Crippen molar-refractivity contribution >= 4 is 101 Å². The van der Waals surface area contributed by atoms with Crippen molar-refractivity contribution in [3.05, 3.63) is 265 Å². The number of furan rings is 2. The van der Waals surface area contributed by atoms with Crippen molar-refractivity contribution in [3.63, 3.8) is 0 Å². The molecule has 0 saturated heterocycles. The number of hydrogen-bond acceptors (Lipinski definition) is 5. The molecule has 0 fully saturated rings. The first-order chi connectivity index (χ1) is 34.7. The molecule has 0 amide bonds. The molecule has 1 spiro atoms. The van der Waals surface area contributed by atoms with Gasteiger partial charge >= 0.3 is 0 Å². The summed E-state index contributed by atoms with van der Waals surface area (Å²) in [4.78, 5) is 7.34. The molecule has 2 aliphatic rings. The molecule has 1 aliphatic heterocycles. The van der Waals surface area contributed by atoms with Crippen molar-refractivity contribution in [2.24, 2.45) is 0 Å². The lowest BCUT2D eigenvalue weighted by molar-refractivity contribution is 0.668. The molecule has 3 heterocycles. The molecule has 70 heavy (non-hydrogen) atoms. The van der Waals surface area contributed by atoms with E-state index in [4.69, 9.17) is 8.83 Å². The molecule has 4 nitrogen and oxygen atoms in total. The quantitative estimate of drug-likeness (QED) is 0.166. The molecule has 11 aromatic carbocycles. The second-order valence-electron chi connectivity index (χ2n) is 18.4. The minimum atomic E-state index is -0.551. The second-order valence-corrected chi connectivity index (χ2v) is 19.5. The van der Waals surface area contributed by atoms with Crippen molar-refractivity contribution in [2.75, 3.05) is 9.80 Å². The molecule has 1 aliphatic carbocycles. The summed E-state index contributed by atoms with van der Waals surface area (Å²) in [6, 6.07) is 88.2. The van der Waals surface area contributed by atoms with E-state index in [1.54, 1.807) is 0 Å². The fraction of sp³-hybridized carbons (Fsp3) is 0.0154. The van der Waals surface area contributed by atoms with Crippen LogP contribution in [0.15, 0.2) is 261 Å². The molecule has 328 valence electrons. The average Bonchev–Trinajstić information content (AvgIpc) is 4.08. The Labute approximate surface area is 408 Å². The first kappa shape index (κ1) is 39.2. The lowest BCUT2D eigenvalue weighted by Crippen LogP contribution is -2.32. The lowest BCUT2D eigenvalue weighted by Gasteiger charge is -2.40. The Kier molecular flexibility index (Phi) is 8.48. The van der Waals surface area contributed by atoms with Crippen molar-refractivity contribution in [3.8, 4) is 11.1 Å². The van der Waals surface area contributed by atoms with Gasteiger partial charge in [0.15, 0.2) is 0 Å². The molecule has 0 bridgehead atoms. The fourth-order valence-electron chi connectivity index (χ4n) is 11.7. The van der Waals surface area contributed by atoms with Crippen LogP contribution in [0.4, 0.5) is 34.1 Å². The van der Waals surface area contributed by atoms with E-state index in [1.165, 1.54) is 53.9 Å². The Morgan fingerprint density at radius 3 is 1.70 bits per heavy atom. The summed E-state index contributed by atoms with van der Waals surface area (Å²) >= 11 is 1.86. The van der Waals surface area contributed by atoms with E-state index in [9.17, 15) is 0 Å². The highest BCUT2D eigenvalue weighted by molar-refractivity contribution is 7.99. The standard InChI is InChI=1S/C65H40N2O2S/c1-2-18-43(19-3-1)67(44-31-30-41-16-4-5-17-42(41)36-44)57-39-47(40-61-64(57)51-23-9-14-28-59(51)69-61)66(45-32-34-60-52(37-45)50-22-8-13-27-58(50)68-60)46-33-35-63-56(38-46)65(55-26-12-15-29-62(55)70-63)53-24-10-6-20-48(53)49-21-7-11-25-54(49)65/h1-40H. The molecule has 0 radical (unpaired) electrons. The van der Waals surface area contributed by atoms with Crippen LogP contribution in [0.25, 0.3) is 65.8 Å². The summed E-state index contributed by atoms with van der Waals surface area (Å²) in [6.45, 7) is 0. The highest BCUT2D eigenvalue weighted by Gasteiger charge is 2.50.